The van der Waals surface area contributed by atoms with Crippen LogP contribution in [0.2, 0.25) is 0 Å². The third-order valence-electron chi connectivity index (χ3n) is 11.5. The minimum Gasteiger partial charge on any atom is -0.394 e. The molecule has 0 aromatic carbocycles. The highest BCUT2D eigenvalue weighted by molar-refractivity contribution is 5.74. The highest BCUT2D eigenvalue weighted by Crippen LogP contribution is 2.37. The van der Waals surface area contributed by atoms with Crippen molar-refractivity contribution < 1.29 is 123 Å². The minimum absolute atomic E-state index is 0.700. The van der Waals surface area contributed by atoms with Crippen LogP contribution in [0, 0.1) is 0 Å². The summed E-state index contributed by atoms with van der Waals surface area (Å²) < 4.78 is 52.7. The Bertz CT molecular complexity index is 1540. The molecule has 5 aliphatic rings. The number of aliphatic hydroxyl groups excluding tert-OH is 13. The summed E-state index contributed by atoms with van der Waals surface area (Å²) in [6.45, 7) is 0.751. The lowest BCUT2D eigenvalue weighted by Crippen LogP contribution is -2.72. The smallest absolute Gasteiger partial charge is 0.217 e. The van der Waals surface area contributed by atoms with Gasteiger partial charge >= 0.3 is 0 Å². The molecule has 5 fully saturated rings. The largest absolute Gasteiger partial charge is 0.394 e. The number of carbonyl (C=O) groups excluding carboxylic acids is 3. The Morgan fingerprint density at radius 3 is 1.42 bits per heavy atom. The Kier molecular flexibility index (Phi) is 18.5. The maximum absolute atomic E-state index is 12.9. The Balaban J connectivity index is 1.52. The third kappa shape index (κ3) is 11.4. The van der Waals surface area contributed by atoms with Gasteiger partial charge < -0.3 is 125 Å². The van der Waals surface area contributed by atoms with E-state index in [0.29, 0.717) is 0 Å². The standard InChI is InChI=1S/C36H61N3O25/c1-9-20(47)25(52)26(53)35(56-9)63-30-19(39-12(4)46)34(60-16(8-43)29(30)62-33-18(38-11(3)45)23(50)21(48)13(5-40)58-33)64-31-22(49)14(6-41)59-36(27(31)54)61-28-15(7-42)57-32(55)17(24(28)51)37-10(2)44/h9,13-36,40-43,47-55H,5-8H2,1-4H3,(H,37,44)(H,38,45)(H,39,46)/t9-,13+,14+,15+,16+,17+,18+,19+,20+,21-,22-,23+,24+,25+,26-,27+,28+,29+,30+,31-,32?,33-,34-,35-,36-/m0/s1. The lowest BCUT2D eigenvalue weighted by Gasteiger charge is -2.52. The first kappa shape index (κ1) is 52.5. The van der Waals surface area contributed by atoms with Crippen LogP contribution in [0.5, 0.6) is 0 Å². The van der Waals surface area contributed by atoms with Crippen LogP contribution in [0.4, 0.5) is 0 Å². The van der Waals surface area contributed by atoms with Crippen LogP contribution < -0.4 is 16.0 Å². The lowest BCUT2D eigenvalue weighted by molar-refractivity contribution is -0.386. The van der Waals surface area contributed by atoms with Gasteiger partial charge in [0.05, 0.1) is 32.5 Å². The molecule has 0 radical (unpaired) electrons. The average molecular weight is 936 g/mol. The normalized spacial score (nSPS) is 47.7. The van der Waals surface area contributed by atoms with E-state index in [1.807, 2.05) is 0 Å². The van der Waals surface area contributed by atoms with Crippen LogP contribution in [0.15, 0.2) is 0 Å². The van der Waals surface area contributed by atoms with Gasteiger partial charge in [-0.3, -0.25) is 14.4 Å². The molecule has 25 atom stereocenters. The summed E-state index contributed by atoms with van der Waals surface area (Å²) in [7, 11) is 0. The first-order chi connectivity index (χ1) is 30.2. The van der Waals surface area contributed by atoms with Crippen molar-refractivity contribution in [1.82, 2.24) is 16.0 Å². The Morgan fingerprint density at radius 1 is 0.406 bits per heavy atom. The number of amides is 3. The van der Waals surface area contributed by atoms with Gasteiger partial charge in [-0.05, 0) is 6.92 Å². The molecule has 0 aliphatic carbocycles. The highest BCUT2D eigenvalue weighted by atomic mass is 16.8. The monoisotopic (exact) mass is 935 g/mol. The van der Waals surface area contributed by atoms with Gasteiger partial charge in [-0.1, -0.05) is 0 Å². The van der Waals surface area contributed by atoms with E-state index < -0.39 is 197 Å². The molecule has 5 aliphatic heterocycles. The zero-order chi connectivity index (χ0) is 47.5. The van der Waals surface area contributed by atoms with Crippen molar-refractivity contribution >= 4 is 17.7 Å². The van der Waals surface area contributed by atoms with Crippen LogP contribution >= 0.6 is 0 Å². The van der Waals surface area contributed by atoms with Crippen molar-refractivity contribution in [2.24, 2.45) is 0 Å². The van der Waals surface area contributed by atoms with Gasteiger partial charge in [0.1, 0.15) is 116 Å². The summed E-state index contributed by atoms with van der Waals surface area (Å²) in [5.41, 5.74) is 0. The van der Waals surface area contributed by atoms with Crippen LogP contribution in [-0.2, 0) is 57.0 Å². The quantitative estimate of drug-likeness (QED) is 0.0725. The Hall–Kier alpha value is -2.47. The summed E-state index contributed by atoms with van der Waals surface area (Å²) in [5.74, 6) is -2.28. The third-order valence-corrected chi connectivity index (χ3v) is 11.5. The van der Waals surface area contributed by atoms with E-state index in [4.69, 9.17) is 42.6 Å². The first-order valence-electron chi connectivity index (χ1n) is 20.4. The van der Waals surface area contributed by atoms with E-state index in [-0.39, 0.29) is 0 Å². The minimum atomic E-state index is -2.14. The number of ether oxygens (including phenoxy) is 9. The van der Waals surface area contributed by atoms with Crippen molar-refractivity contribution in [3.8, 4) is 0 Å². The molecule has 0 spiro atoms. The van der Waals surface area contributed by atoms with E-state index >= 15 is 0 Å². The van der Waals surface area contributed by atoms with Crippen molar-refractivity contribution in [1.29, 1.82) is 0 Å². The summed E-state index contributed by atoms with van der Waals surface area (Å²) in [5, 5.41) is 146. The molecular formula is C36H61N3O25. The number of nitrogens with one attached hydrogen (secondary N) is 3. The van der Waals surface area contributed by atoms with Crippen molar-refractivity contribution in [2.75, 3.05) is 26.4 Å². The van der Waals surface area contributed by atoms with Crippen LogP contribution in [0.3, 0.4) is 0 Å². The summed E-state index contributed by atoms with van der Waals surface area (Å²) >= 11 is 0. The van der Waals surface area contributed by atoms with E-state index in [1.54, 1.807) is 0 Å². The van der Waals surface area contributed by atoms with Gasteiger partial charge in [-0.15, -0.1) is 0 Å². The summed E-state index contributed by atoms with van der Waals surface area (Å²) in [6, 6.07) is -4.87. The summed E-state index contributed by atoms with van der Waals surface area (Å²) in [6.07, 6.45) is -39.4. The molecule has 64 heavy (non-hydrogen) atoms. The zero-order valence-electron chi connectivity index (χ0n) is 35.0. The van der Waals surface area contributed by atoms with Gasteiger partial charge in [-0.25, -0.2) is 0 Å². The molecule has 3 amide bonds. The van der Waals surface area contributed by atoms with Gasteiger partial charge in [0.15, 0.2) is 31.5 Å². The number of hydrogen-bond donors (Lipinski definition) is 16. The van der Waals surface area contributed by atoms with E-state index in [0.717, 1.165) is 20.8 Å². The molecule has 28 nitrogen and oxygen atoms in total. The second-order valence-electron chi connectivity index (χ2n) is 16.1. The summed E-state index contributed by atoms with van der Waals surface area (Å²) in [4.78, 5) is 37.0. The van der Waals surface area contributed by atoms with E-state index in [2.05, 4.69) is 16.0 Å². The predicted octanol–water partition coefficient (Wildman–Crippen LogP) is -10.5. The van der Waals surface area contributed by atoms with Gasteiger partial charge in [0.2, 0.25) is 17.7 Å². The van der Waals surface area contributed by atoms with Crippen molar-refractivity contribution in [2.45, 2.75) is 181 Å². The van der Waals surface area contributed by atoms with Crippen molar-refractivity contribution in [3.63, 3.8) is 0 Å². The van der Waals surface area contributed by atoms with Crippen LogP contribution in [0.1, 0.15) is 27.7 Å². The fraction of sp³-hybridized carbons (Fsp3) is 0.917. The van der Waals surface area contributed by atoms with Gasteiger partial charge in [-0.2, -0.15) is 0 Å². The molecule has 0 saturated carbocycles. The average Bonchev–Trinajstić information content (AvgIpc) is 3.24. The topological polar surface area (TPSA) is 433 Å². The van der Waals surface area contributed by atoms with Gasteiger partial charge in [0, 0.05) is 20.8 Å². The molecule has 5 saturated heterocycles. The number of aliphatic hydroxyl groups is 13. The molecule has 370 valence electrons. The van der Waals surface area contributed by atoms with Crippen LogP contribution in [0.25, 0.3) is 0 Å². The predicted molar refractivity (Wildman–Crippen MR) is 200 cm³/mol. The Labute approximate surface area is 364 Å². The number of carbonyl (C=O) groups is 3. The molecule has 28 heteroatoms. The first-order valence-corrected chi connectivity index (χ1v) is 20.4. The SMILES string of the molecule is CC(=O)N[C@H]1[C@H](O[C@H]2[C@H](O[C@@H]3O[C@@H](C)[C@@H](O)[C@@H](O)[C@@H]3O)[C@@H](NC(C)=O)[C@H](O[C@H]3[C@@H](O)[C@@H](CO)O[C@@H](O[C@H]4[C@H](O)[C@@H](NC(C)=O)C(O)O[C@@H]4CO)[C@@H]3O)O[C@@H]2CO)O[C@H](CO)[C@H](O)[C@@H]1O. The molecule has 5 heterocycles. The second-order valence-corrected chi connectivity index (χ2v) is 16.1. The second kappa shape index (κ2) is 22.6. The lowest BCUT2D eigenvalue weighted by atomic mass is 9.93. The maximum Gasteiger partial charge on any atom is 0.217 e. The molecule has 0 aromatic rings. The molecule has 0 aromatic heterocycles. The number of hydrogen-bond acceptors (Lipinski definition) is 25. The highest BCUT2D eigenvalue weighted by Gasteiger charge is 2.58. The van der Waals surface area contributed by atoms with E-state index in [9.17, 15) is 80.8 Å². The number of rotatable bonds is 15. The molecule has 16 N–H and O–H groups in total. The van der Waals surface area contributed by atoms with Crippen molar-refractivity contribution in [3.05, 3.63) is 0 Å². The molecular weight excluding hydrogens is 874 g/mol. The maximum atomic E-state index is 12.9. The fourth-order valence-corrected chi connectivity index (χ4v) is 8.18. The molecule has 5 rings (SSSR count). The van der Waals surface area contributed by atoms with Gasteiger partial charge in [0.25, 0.3) is 0 Å². The fourth-order valence-electron chi connectivity index (χ4n) is 8.18. The molecule has 1 unspecified atom stereocenters. The zero-order valence-corrected chi connectivity index (χ0v) is 35.0. The van der Waals surface area contributed by atoms with E-state index in [1.165, 1.54) is 6.92 Å². The molecule has 0 bridgehead atoms. The Morgan fingerprint density at radius 2 is 0.844 bits per heavy atom. The van der Waals surface area contributed by atoms with Crippen LogP contribution in [-0.4, -0.2) is 264 Å².